The molecule has 1 saturated heterocycles. The number of piperidine rings is 1. The zero-order valence-electron chi connectivity index (χ0n) is 9.84. The standard InChI is InChI=1S/C13H20N2O/c1-11(16)12-5-8-15(9-6-12)10-13-4-2-3-7-14-13/h2-4,7,11-12,16H,5-6,8-10H2,1H3. The number of pyridine rings is 1. The van der Waals surface area contributed by atoms with Crippen molar-refractivity contribution >= 4 is 0 Å². The molecule has 0 spiro atoms. The van der Waals surface area contributed by atoms with Crippen LogP contribution in [0.2, 0.25) is 0 Å². The monoisotopic (exact) mass is 220 g/mol. The van der Waals surface area contributed by atoms with Crippen molar-refractivity contribution in [1.29, 1.82) is 0 Å². The van der Waals surface area contributed by atoms with Crippen molar-refractivity contribution in [2.45, 2.75) is 32.4 Å². The molecule has 1 aliphatic heterocycles. The molecule has 1 aromatic heterocycles. The zero-order chi connectivity index (χ0) is 11.4. The molecule has 88 valence electrons. The topological polar surface area (TPSA) is 36.4 Å². The molecule has 2 rings (SSSR count). The number of aliphatic hydroxyl groups excluding tert-OH is 1. The Bertz CT molecular complexity index is 305. The second-order valence-electron chi connectivity index (χ2n) is 4.68. The first-order chi connectivity index (χ1) is 7.75. The average molecular weight is 220 g/mol. The molecule has 2 heterocycles. The molecule has 0 bridgehead atoms. The van der Waals surface area contributed by atoms with Crippen molar-refractivity contribution < 1.29 is 5.11 Å². The number of rotatable bonds is 3. The van der Waals surface area contributed by atoms with E-state index in [0.29, 0.717) is 5.92 Å². The highest BCUT2D eigenvalue weighted by atomic mass is 16.3. The molecule has 1 atom stereocenters. The van der Waals surface area contributed by atoms with E-state index in [1.807, 2.05) is 25.3 Å². The first kappa shape index (κ1) is 11.6. The smallest absolute Gasteiger partial charge is 0.0543 e. The summed E-state index contributed by atoms with van der Waals surface area (Å²) in [4.78, 5) is 6.75. The van der Waals surface area contributed by atoms with Gasteiger partial charge < -0.3 is 5.11 Å². The fourth-order valence-electron chi connectivity index (χ4n) is 2.31. The molecular weight excluding hydrogens is 200 g/mol. The van der Waals surface area contributed by atoms with Crippen LogP contribution in [-0.2, 0) is 6.54 Å². The van der Waals surface area contributed by atoms with E-state index in [4.69, 9.17) is 0 Å². The third-order valence-electron chi connectivity index (χ3n) is 3.43. The minimum absolute atomic E-state index is 0.156. The van der Waals surface area contributed by atoms with E-state index >= 15 is 0 Å². The fourth-order valence-corrected chi connectivity index (χ4v) is 2.31. The van der Waals surface area contributed by atoms with Gasteiger partial charge in [0.2, 0.25) is 0 Å². The number of aromatic nitrogens is 1. The molecule has 3 nitrogen and oxygen atoms in total. The van der Waals surface area contributed by atoms with E-state index < -0.39 is 0 Å². The lowest BCUT2D eigenvalue weighted by Gasteiger charge is -2.32. The van der Waals surface area contributed by atoms with Crippen LogP contribution in [0.1, 0.15) is 25.5 Å². The average Bonchev–Trinajstić information content (AvgIpc) is 2.31. The summed E-state index contributed by atoms with van der Waals surface area (Å²) in [7, 11) is 0. The van der Waals surface area contributed by atoms with Crippen LogP contribution in [0.25, 0.3) is 0 Å². The SMILES string of the molecule is CC(O)C1CCN(Cc2ccccn2)CC1. The van der Waals surface area contributed by atoms with Crippen molar-refractivity contribution in [2.24, 2.45) is 5.92 Å². The van der Waals surface area contributed by atoms with Gasteiger partial charge in [-0.1, -0.05) is 6.07 Å². The van der Waals surface area contributed by atoms with Gasteiger partial charge in [0.05, 0.1) is 11.8 Å². The lowest BCUT2D eigenvalue weighted by atomic mass is 9.92. The fraction of sp³-hybridized carbons (Fsp3) is 0.615. The third-order valence-corrected chi connectivity index (χ3v) is 3.43. The maximum atomic E-state index is 9.52. The van der Waals surface area contributed by atoms with Crippen LogP contribution in [0.3, 0.4) is 0 Å². The van der Waals surface area contributed by atoms with E-state index in [9.17, 15) is 5.11 Å². The van der Waals surface area contributed by atoms with E-state index in [-0.39, 0.29) is 6.10 Å². The molecule has 1 aromatic rings. The lowest BCUT2D eigenvalue weighted by Crippen LogP contribution is -2.36. The van der Waals surface area contributed by atoms with Crippen molar-refractivity contribution in [3.8, 4) is 0 Å². The van der Waals surface area contributed by atoms with Crippen LogP contribution in [0.15, 0.2) is 24.4 Å². The molecule has 1 aliphatic rings. The van der Waals surface area contributed by atoms with Gasteiger partial charge in [0, 0.05) is 12.7 Å². The van der Waals surface area contributed by atoms with E-state index in [1.54, 1.807) is 0 Å². The molecule has 0 amide bonds. The molecule has 0 saturated carbocycles. The summed E-state index contributed by atoms with van der Waals surface area (Å²) < 4.78 is 0. The summed E-state index contributed by atoms with van der Waals surface area (Å²) in [5.41, 5.74) is 1.14. The summed E-state index contributed by atoms with van der Waals surface area (Å²) in [6.45, 7) is 4.99. The molecule has 3 heteroatoms. The van der Waals surface area contributed by atoms with Crippen molar-refractivity contribution in [2.75, 3.05) is 13.1 Å². The molecule has 0 radical (unpaired) electrons. The maximum absolute atomic E-state index is 9.52. The van der Waals surface area contributed by atoms with Crippen molar-refractivity contribution in [1.82, 2.24) is 9.88 Å². The van der Waals surface area contributed by atoms with Gasteiger partial charge in [0.15, 0.2) is 0 Å². The van der Waals surface area contributed by atoms with E-state index in [0.717, 1.165) is 38.2 Å². The van der Waals surface area contributed by atoms with E-state index in [2.05, 4.69) is 16.0 Å². The molecular formula is C13H20N2O. The summed E-state index contributed by atoms with van der Waals surface area (Å²) in [5, 5.41) is 9.52. The van der Waals surface area contributed by atoms with Gasteiger partial charge in [0.25, 0.3) is 0 Å². The molecule has 0 aliphatic carbocycles. The summed E-state index contributed by atoms with van der Waals surface area (Å²) >= 11 is 0. The van der Waals surface area contributed by atoms with Crippen LogP contribution >= 0.6 is 0 Å². The van der Waals surface area contributed by atoms with Gasteiger partial charge in [0.1, 0.15) is 0 Å². The normalized spacial score (nSPS) is 20.9. The Morgan fingerprint density at radius 3 is 2.75 bits per heavy atom. The predicted molar refractivity (Wildman–Crippen MR) is 63.9 cm³/mol. The Hall–Kier alpha value is -0.930. The first-order valence-corrected chi connectivity index (χ1v) is 6.06. The minimum atomic E-state index is -0.156. The van der Waals surface area contributed by atoms with Gasteiger partial charge in [-0.05, 0) is 50.9 Å². The van der Waals surface area contributed by atoms with Crippen LogP contribution < -0.4 is 0 Å². The minimum Gasteiger partial charge on any atom is -0.393 e. The number of aliphatic hydroxyl groups is 1. The Kier molecular flexibility index (Phi) is 3.91. The molecule has 0 aromatic carbocycles. The second-order valence-corrected chi connectivity index (χ2v) is 4.68. The lowest BCUT2D eigenvalue weighted by molar-refractivity contribution is 0.0691. The van der Waals surface area contributed by atoms with Crippen LogP contribution in [0.4, 0.5) is 0 Å². The molecule has 1 N–H and O–H groups in total. The highest BCUT2D eigenvalue weighted by Crippen LogP contribution is 2.21. The van der Waals surface area contributed by atoms with Gasteiger partial charge in [-0.2, -0.15) is 0 Å². The zero-order valence-corrected chi connectivity index (χ0v) is 9.84. The Balaban J connectivity index is 1.82. The van der Waals surface area contributed by atoms with E-state index in [1.165, 1.54) is 0 Å². The van der Waals surface area contributed by atoms with Crippen LogP contribution in [0, 0.1) is 5.92 Å². The number of hydrogen-bond acceptors (Lipinski definition) is 3. The largest absolute Gasteiger partial charge is 0.393 e. The van der Waals surface area contributed by atoms with Gasteiger partial charge in [-0.3, -0.25) is 9.88 Å². The van der Waals surface area contributed by atoms with Crippen molar-refractivity contribution in [3.63, 3.8) is 0 Å². The number of likely N-dealkylation sites (tertiary alicyclic amines) is 1. The Morgan fingerprint density at radius 1 is 1.44 bits per heavy atom. The van der Waals surface area contributed by atoms with Crippen LogP contribution in [0.5, 0.6) is 0 Å². The first-order valence-electron chi connectivity index (χ1n) is 6.06. The molecule has 1 unspecified atom stereocenters. The summed E-state index contributed by atoms with van der Waals surface area (Å²) in [5.74, 6) is 0.486. The number of nitrogens with zero attached hydrogens (tertiary/aromatic N) is 2. The van der Waals surface area contributed by atoms with Gasteiger partial charge in [-0.15, -0.1) is 0 Å². The second kappa shape index (κ2) is 5.41. The molecule has 1 fully saturated rings. The van der Waals surface area contributed by atoms with Gasteiger partial charge >= 0.3 is 0 Å². The maximum Gasteiger partial charge on any atom is 0.0543 e. The Morgan fingerprint density at radius 2 is 2.19 bits per heavy atom. The quantitative estimate of drug-likeness (QED) is 0.842. The third kappa shape index (κ3) is 3.03. The highest BCUT2D eigenvalue weighted by Gasteiger charge is 2.22. The van der Waals surface area contributed by atoms with Crippen molar-refractivity contribution in [3.05, 3.63) is 30.1 Å². The summed E-state index contributed by atoms with van der Waals surface area (Å²) in [6, 6.07) is 6.05. The Labute approximate surface area is 97.1 Å². The number of hydrogen-bond donors (Lipinski definition) is 1. The van der Waals surface area contributed by atoms with Gasteiger partial charge in [-0.25, -0.2) is 0 Å². The van der Waals surface area contributed by atoms with Crippen LogP contribution in [-0.4, -0.2) is 34.2 Å². The predicted octanol–water partition coefficient (Wildman–Crippen LogP) is 1.67. The highest BCUT2D eigenvalue weighted by molar-refractivity contribution is 5.03. The summed E-state index contributed by atoms with van der Waals surface area (Å²) in [6.07, 6.45) is 3.89. The molecule has 16 heavy (non-hydrogen) atoms.